The molecule has 106 valence electrons. The second kappa shape index (κ2) is 6.71. The van der Waals surface area contributed by atoms with E-state index >= 15 is 0 Å². The molecule has 0 atom stereocenters. The van der Waals surface area contributed by atoms with Crippen LogP contribution in [0.25, 0.3) is 0 Å². The monoisotopic (exact) mass is 348 g/mol. The minimum Gasteiger partial charge on any atom is -0.267 e. The summed E-state index contributed by atoms with van der Waals surface area (Å²) in [5, 5.41) is 14.5. The molecule has 0 saturated heterocycles. The van der Waals surface area contributed by atoms with Crippen molar-refractivity contribution in [3.8, 4) is 0 Å². The first-order valence-corrected chi connectivity index (χ1v) is 6.54. The van der Waals surface area contributed by atoms with Crippen molar-refractivity contribution in [3.05, 3.63) is 68.4 Å². The largest absolute Gasteiger partial charge is 0.278 e. The van der Waals surface area contributed by atoms with Crippen LogP contribution in [0.4, 0.5) is 5.69 Å². The zero-order valence-electron chi connectivity index (χ0n) is 10.6. The number of hydrazone groups is 1. The summed E-state index contributed by atoms with van der Waals surface area (Å²) >= 11 is 3.20. The average Bonchev–Trinajstić information content (AvgIpc) is 2.47. The summed E-state index contributed by atoms with van der Waals surface area (Å²) in [6.07, 6.45) is 4.16. The van der Waals surface area contributed by atoms with Gasteiger partial charge in [-0.2, -0.15) is 5.10 Å². The second-order valence-electron chi connectivity index (χ2n) is 3.91. The standard InChI is InChI=1S/C13H9BrN4O3/c14-11-5-10(6-15-8-11)13(19)17-16-7-9-3-1-2-4-12(9)18(20)21/h1-8H,(H,17,19). The summed E-state index contributed by atoms with van der Waals surface area (Å²) in [5.74, 6) is -0.460. The van der Waals surface area contributed by atoms with Crippen molar-refractivity contribution in [2.45, 2.75) is 0 Å². The molecule has 0 aliphatic carbocycles. The number of aromatic nitrogens is 1. The maximum atomic E-state index is 11.8. The first-order chi connectivity index (χ1) is 10.1. The van der Waals surface area contributed by atoms with Gasteiger partial charge in [-0.3, -0.25) is 19.9 Å². The molecule has 1 aromatic carbocycles. The van der Waals surface area contributed by atoms with Gasteiger partial charge in [0.1, 0.15) is 0 Å². The number of nitrogens with zero attached hydrogens (tertiary/aromatic N) is 3. The van der Waals surface area contributed by atoms with Gasteiger partial charge < -0.3 is 0 Å². The number of benzene rings is 1. The normalized spacial score (nSPS) is 10.5. The summed E-state index contributed by atoms with van der Waals surface area (Å²) < 4.78 is 0.665. The van der Waals surface area contributed by atoms with Gasteiger partial charge in [0.15, 0.2) is 0 Å². The molecule has 0 aliphatic rings. The molecule has 7 nitrogen and oxygen atoms in total. The van der Waals surface area contributed by atoms with E-state index in [1.807, 2.05) is 0 Å². The fourth-order valence-electron chi connectivity index (χ4n) is 1.52. The lowest BCUT2D eigenvalue weighted by atomic mass is 10.2. The molecule has 2 aromatic rings. The number of pyridine rings is 1. The number of halogens is 1. The Hall–Kier alpha value is -2.61. The lowest BCUT2D eigenvalue weighted by molar-refractivity contribution is -0.385. The molecule has 8 heteroatoms. The Kier molecular flexibility index (Phi) is 4.72. The first-order valence-electron chi connectivity index (χ1n) is 5.75. The fraction of sp³-hybridized carbons (Fsp3) is 0. The Bertz CT molecular complexity index is 718. The van der Waals surface area contributed by atoms with Crippen molar-refractivity contribution in [2.75, 3.05) is 0 Å². The highest BCUT2D eigenvalue weighted by Gasteiger charge is 2.10. The van der Waals surface area contributed by atoms with Crippen LogP contribution in [0.3, 0.4) is 0 Å². The van der Waals surface area contributed by atoms with Crippen LogP contribution < -0.4 is 5.43 Å². The number of nitro groups is 1. The molecular formula is C13H9BrN4O3. The van der Waals surface area contributed by atoms with Gasteiger partial charge in [0.05, 0.1) is 22.3 Å². The molecule has 0 saturated carbocycles. The maximum absolute atomic E-state index is 11.8. The zero-order chi connectivity index (χ0) is 15.2. The van der Waals surface area contributed by atoms with E-state index < -0.39 is 10.8 Å². The van der Waals surface area contributed by atoms with Crippen molar-refractivity contribution in [1.82, 2.24) is 10.4 Å². The summed E-state index contributed by atoms with van der Waals surface area (Å²) in [4.78, 5) is 26.0. The van der Waals surface area contributed by atoms with Crippen LogP contribution >= 0.6 is 15.9 Å². The van der Waals surface area contributed by atoms with Gasteiger partial charge in [0, 0.05) is 22.9 Å². The Morgan fingerprint density at radius 2 is 2.14 bits per heavy atom. The lowest BCUT2D eigenvalue weighted by Gasteiger charge is -2.00. The topological polar surface area (TPSA) is 97.5 Å². The SMILES string of the molecule is O=C(NN=Cc1ccccc1[N+](=O)[O-])c1cncc(Br)c1. The van der Waals surface area contributed by atoms with Gasteiger partial charge in [0.25, 0.3) is 11.6 Å². The summed E-state index contributed by atoms with van der Waals surface area (Å²) in [6.45, 7) is 0. The third-order valence-corrected chi connectivity index (χ3v) is 2.90. The van der Waals surface area contributed by atoms with E-state index in [-0.39, 0.29) is 5.69 Å². The number of carbonyl (C=O) groups excluding carboxylic acids is 1. The van der Waals surface area contributed by atoms with Gasteiger partial charge >= 0.3 is 0 Å². The molecule has 0 spiro atoms. The van der Waals surface area contributed by atoms with Crippen molar-refractivity contribution in [3.63, 3.8) is 0 Å². The van der Waals surface area contributed by atoms with E-state index in [1.54, 1.807) is 24.4 Å². The first kappa shape index (κ1) is 14.8. The number of amides is 1. The predicted octanol–water partition coefficient (Wildman–Crippen LogP) is 2.52. The number of para-hydroxylation sites is 1. The number of rotatable bonds is 4. The highest BCUT2D eigenvalue weighted by molar-refractivity contribution is 9.10. The van der Waals surface area contributed by atoms with Gasteiger partial charge in [-0.1, -0.05) is 12.1 Å². The van der Waals surface area contributed by atoms with Gasteiger partial charge in [-0.15, -0.1) is 0 Å². The van der Waals surface area contributed by atoms with Crippen molar-refractivity contribution < 1.29 is 9.72 Å². The van der Waals surface area contributed by atoms with Crippen LogP contribution in [0.1, 0.15) is 15.9 Å². The molecule has 0 bridgehead atoms. The van der Waals surface area contributed by atoms with Gasteiger partial charge in [-0.25, -0.2) is 5.43 Å². The van der Waals surface area contributed by atoms with Crippen LogP contribution in [-0.2, 0) is 0 Å². The van der Waals surface area contributed by atoms with Crippen molar-refractivity contribution in [1.29, 1.82) is 0 Å². The Morgan fingerprint density at radius 3 is 2.86 bits per heavy atom. The van der Waals surface area contributed by atoms with Gasteiger partial charge in [-0.05, 0) is 28.1 Å². The average molecular weight is 349 g/mol. The smallest absolute Gasteiger partial charge is 0.267 e. The molecule has 0 fully saturated rings. The number of carbonyl (C=O) groups is 1. The number of nitrogens with one attached hydrogen (secondary N) is 1. The summed E-state index contributed by atoms with van der Waals surface area (Å²) in [5.41, 5.74) is 2.83. The third kappa shape index (κ3) is 3.93. The minimum absolute atomic E-state index is 0.0837. The highest BCUT2D eigenvalue weighted by atomic mass is 79.9. The number of nitro benzene ring substituents is 1. The molecule has 0 radical (unpaired) electrons. The van der Waals surface area contributed by atoms with Crippen LogP contribution in [0.5, 0.6) is 0 Å². The zero-order valence-corrected chi connectivity index (χ0v) is 12.1. The quantitative estimate of drug-likeness (QED) is 0.521. The lowest BCUT2D eigenvalue weighted by Crippen LogP contribution is -2.17. The molecule has 21 heavy (non-hydrogen) atoms. The van der Waals surface area contributed by atoms with E-state index in [1.165, 1.54) is 24.5 Å². The molecule has 0 aliphatic heterocycles. The van der Waals surface area contributed by atoms with Crippen molar-refractivity contribution in [2.24, 2.45) is 5.10 Å². The Morgan fingerprint density at radius 1 is 1.38 bits per heavy atom. The molecule has 1 aromatic heterocycles. The van der Waals surface area contributed by atoms with Gasteiger partial charge in [0.2, 0.25) is 0 Å². The molecule has 1 amide bonds. The predicted molar refractivity (Wildman–Crippen MR) is 80.1 cm³/mol. The maximum Gasteiger partial charge on any atom is 0.278 e. The highest BCUT2D eigenvalue weighted by Crippen LogP contribution is 2.15. The molecule has 1 heterocycles. The Labute approximate surface area is 128 Å². The Balaban J connectivity index is 2.09. The third-order valence-electron chi connectivity index (χ3n) is 2.47. The van der Waals surface area contributed by atoms with E-state index in [4.69, 9.17) is 0 Å². The minimum atomic E-state index is -0.512. The molecular weight excluding hydrogens is 340 g/mol. The van der Waals surface area contributed by atoms with E-state index in [2.05, 4.69) is 31.4 Å². The van der Waals surface area contributed by atoms with Crippen LogP contribution in [-0.4, -0.2) is 22.0 Å². The second-order valence-corrected chi connectivity index (χ2v) is 4.82. The van der Waals surface area contributed by atoms with Crippen LogP contribution in [0.2, 0.25) is 0 Å². The number of hydrogen-bond acceptors (Lipinski definition) is 5. The molecule has 2 rings (SSSR count). The summed E-state index contributed by atoms with van der Waals surface area (Å²) in [7, 11) is 0. The van der Waals surface area contributed by atoms with E-state index in [0.717, 1.165) is 0 Å². The van der Waals surface area contributed by atoms with Crippen LogP contribution in [0.15, 0.2) is 52.3 Å². The van der Waals surface area contributed by atoms with Crippen LogP contribution in [0, 0.1) is 10.1 Å². The molecule has 0 unspecified atom stereocenters. The van der Waals surface area contributed by atoms with E-state index in [0.29, 0.717) is 15.6 Å². The fourth-order valence-corrected chi connectivity index (χ4v) is 1.89. The van der Waals surface area contributed by atoms with E-state index in [9.17, 15) is 14.9 Å². The van der Waals surface area contributed by atoms with Crippen molar-refractivity contribution >= 4 is 33.7 Å². The number of hydrogen-bond donors (Lipinski definition) is 1. The summed E-state index contributed by atoms with van der Waals surface area (Å²) in [6, 6.07) is 7.69. The molecule has 1 N–H and O–H groups in total.